The minimum Gasteiger partial charge on any atom is -0.330 e. The minimum absolute atomic E-state index is 0.571. The van der Waals surface area contributed by atoms with E-state index in [1.807, 2.05) is 6.20 Å². The van der Waals surface area contributed by atoms with Gasteiger partial charge in [-0.1, -0.05) is 11.6 Å². The van der Waals surface area contributed by atoms with Crippen LogP contribution >= 0.6 is 11.6 Å². The van der Waals surface area contributed by atoms with Gasteiger partial charge in [-0.15, -0.1) is 0 Å². The van der Waals surface area contributed by atoms with Crippen LogP contribution in [0.4, 0.5) is 0 Å². The molecule has 0 fully saturated rings. The number of nitrogens with zero attached hydrogens (tertiary/aromatic N) is 3. The predicted octanol–water partition coefficient (Wildman–Crippen LogP) is 0.884. The van der Waals surface area contributed by atoms with Gasteiger partial charge in [0.1, 0.15) is 5.15 Å². The molecule has 0 bridgehead atoms. The first kappa shape index (κ1) is 8.47. The van der Waals surface area contributed by atoms with Crippen molar-refractivity contribution < 1.29 is 0 Å². The third kappa shape index (κ3) is 1.50. The summed E-state index contributed by atoms with van der Waals surface area (Å²) in [5, 5.41) is 0.571. The maximum Gasteiger partial charge on any atom is 0.234 e. The molecule has 2 N–H and O–H groups in total. The minimum atomic E-state index is 0.571. The first-order valence-electron chi connectivity index (χ1n) is 3.99. The van der Waals surface area contributed by atoms with Crippen molar-refractivity contribution in [2.45, 2.75) is 6.42 Å². The summed E-state index contributed by atoms with van der Waals surface area (Å²) >= 11 is 5.87. The number of aromatic nitrogens is 3. The van der Waals surface area contributed by atoms with Gasteiger partial charge in [0.25, 0.3) is 0 Å². The molecule has 0 aliphatic rings. The maximum atomic E-state index is 5.87. The second-order valence-corrected chi connectivity index (χ2v) is 3.14. The standard InChI is InChI=1S/C8H9ClN4/c9-7-4-12-8-11-3-6(1-2-10)5-13(7)8/h3-5H,1-2,10H2. The lowest BCUT2D eigenvalue weighted by Gasteiger charge is -1.99. The van der Waals surface area contributed by atoms with Crippen molar-refractivity contribution in [1.82, 2.24) is 14.4 Å². The van der Waals surface area contributed by atoms with Crippen LogP contribution in [0.5, 0.6) is 0 Å². The monoisotopic (exact) mass is 196 g/mol. The predicted molar refractivity (Wildman–Crippen MR) is 50.8 cm³/mol. The van der Waals surface area contributed by atoms with E-state index in [1.165, 1.54) is 0 Å². The fourth-order valence-corrected chi connectivity index (χ4v) is 1.35. The fraction of sp³-hybridized carbons (Fsp3) is 0.250. The highest BCUT2D eigenvalue weighted by molar-refractivity contribution is 6.29. The van der Waals surface area contributed by atoms with E-state index in [0.29, 0.717) is 17.5 Å². The lowest BCUT2D eigenvalue weighted by Crippen LogP contribution is -2.04. The molecule has 2 aromatic heterocycles. The van der Waals surface area contributed by atoms with Crippen molar-refractivity contribution in [2.24, 2.45) is 5.73 Å². The van der Waals surface area contributed by atoms with Gasteiger partial charge in [-0.25, -0.2) is 9.97 Å². The van der Waals surface area contributed by atoms with Crippen molar-refractivity contribution in [1.29, 1.82) is 0 Å². The molecule has 0 spiro atoms. The summed E-state index contributed by atoms with van der Waals surface area (Å²) in [6.45, 7) is 0.611. The second-order valence-electron chi connectivity index (χ2n) is 2.75. The van der Waals surface area contributed by atoms with Crippen molar-refractivity contribution >= 4 is 17.4 Å². The Morgan fingerprint density at radius 1 is 1.38 bits per heavy atom. The zero-order chi connectivity index (χ0) is 9.26. The SMILES string of the molecule is NCCc1cnc2ncc(Cl)n2c1. The number of imidazole rings is 1. The number of fused-ring (bicyclic) bond motifs is 1. The smallest absolute Gasteiger partial charge is 0.234 e. The van der Waals surface area contributed by atoms with Crippen molar-refractivity contribution in [3.8, 4) is 0 Å². The normalized spacial score (nSPS) is 10.9. The van der Waals surface area contributed by atoms with Crippen LogP contribution in [0.1, 0.15) is 5.56 Å². The second kappa shape index (κ2) is 3.32. The highest BCUT2D eigenvalue weighted by Crippen LogP contribution is 2.10. The van der Waals surface area contributed by atoms with Crippen LogP contribution in [-0.2, 0) is 6.42 Å². The molecule has 0 saturated carbocycles. The molecule has 68 valence electrons. The number of hydrogen-bond acceptors (Lipinski definition) is 3. The summed E-state index contributed by atoms with van der Waals surface area (Å²) in [6.07, 6.45) is 6.06. The van der Waals surface area contributed by atoms with Crippen LogP contribution in [0.15, 0.2) is 18.6 Å². The van der Waals surface area contributed by atoms with Gasteiger partial charge in [0, 0.05) is 12.4 Å². The molecule has 2 heterocycles. The Bertz CT molecular complexity index is 423. The van der Waals surface area contributed by atoms with Gasteiger partial charge in [-0.05, 0) is 18.5 Å². The molecule has 0 radical (unpaired) electrons. The van der Waals surface area contributed by atoms with Gasteiger partial charge in [0.15, 0.2) is 0 Å². The van der Waals surface area contributed by atoms with Crippen LogP contribution < -0.4 is 5.73 Å². The van der Waals surface area contributed by atoms with Crippen LogP contribution in [0.3, 0.4) is 0 Å². The zero-order valence-electron chi connectivity index (χ0n) is 6.94. The highest BCUT2D eigenvalue weighted by atomic mass is 35.5. The Kier molecular flexibility index (Phi) is 2.16. The number of halogens is 1. The Morgan fingerprint density at radius 2 is 2.15 bits per heavy atom. The van der Waals surface area contributed by atoms with Crippen molar-refractivity contribution in [3.05, 3.63) is 29.3 Å². The summed E-state index contributed by atoms with van der Waals surface area (Å²) in [6, 6.07) is 0. The van der Waals surface area contributed by atoms with Gasteiger partial charge in [0.2, 0.25) is 5.78 Å². The zero-order valence-corrected chi connectivity index (χ0v) is 7.70. The van der Waals surface area contributed by atoms with E-state index in [4.69, 9.17) is 17.3 Å². The lowest BCUT2D eigenvalue weighted by molar-refractivity contribution is 0.934. The van der Waals surface area contributed by atoms with E-state index in [0.717, 1.165) is 12.0 Å². The summed E-state index contributed by atoms with van der Waals surface area (Å²) in [4.78, 5) is 8.14. The summed E-state index contributed by atoms with van der Waals surface area (Å²) in [5.41, 5.74) is 6.50. The third-order valence-electron chi connectivity index (χ3n) is 1.81. The molecule has 0 aliphatic carbocycles. The number of hydrogen-bond donors (Lipinski definition) is 1. The number of rotatable bonds is 2. The molecular weight excluding hydrogens is 188 g/mol. The molecule has 0 aliphatic heterocycles. The molecule has 0 saturated heterocycles. The largest absolute Gasteiger partial charge is 0.330 e. The van der Waals surface area contributed by atoms with E-state index in [2.05, 4.69) is 9.97 Å². The molecule has 0 aromatic carbocycles. The molecule has 13 heavy (non-hydrogen) atoms. The topological polar surface area (TPSA) is 56.2 Å². The average molecular weight is 197 g/mol. The fourth-order valence-electron chi connectivity index (χ4n) is 1.18. The highest BCUT2D eigenvalue weighted by Gasteiger charge is 2.01. The van der Waals surface area contributed by atoms with E-state index in [-0.39, 0.29) is 0 Å². The first-order chi connectivity index (χ1) is 6.31. The molecule has 4 nitrogen and oxygen atoms in total. The van der Waals surface area contributed by atoms with Crippen molar-refractivity contribution in [3.63, 3.8) is 0 Å². The molecule has 2 rings (SSSR count). The van der Waals surface area contributed by atoms with Gasteiger partial charge < -0.3 is 5.73 Å². The molecule has 0 unspecified atom stereocenters. The van der Waals surface area contributed by atoms with Crippen molar-refractivity contribution in [2.75, 3.05) is 6.54 Å². The van der Waals surface area contributed by atoms with E-state index < -0.39 is 0 Å². The summed E-state index contributed by atoms with van der Waals surface area (Å²) < 4.78 is 1.74. The average Bonchev–Trinajstić information content (AvgIpc) is 2.49. The van der Waals surface area contributed by atoms with Gasteiger partial charge >= 0.3 is 0 Å². The van der Waals surface area contributed by atoms with Gasteiger partial charge in [-0.2, -0.15) is 0 Å². The van der Waals surface area contributed by atoms with Crippen LogP contribution in [0, 0.1) is 0 Å². The maximum absolute atomic E-state index is 5.87. The van der Waals surface area contributed by atoms with E-state index in [1.54, 1.807) is 16.8 Å². The third-order valence-corrected chi connectivity index (χ3v) is 2.09. The van der Waals surface area contributed by atoms with Crippen LogP contribution in [-0.4, -0.2) is 20.9 Å². The Morgan fingerprint density at radius 3 is 2.92 bits per heavy atom. The lowest BCUT2D eigenvalue weighted by atomic mass is 10.2. The summed E-state index contributed by atoms with van der Waals surface area (Å²) in [5.74, 6) is 0.616. The van der Waals surface area contributed by atoms with Crippen LogP contribution in [0.2, 0.25) is 5.15 Å². The number of nitrogens with two attached hydrogens (primary N) is 1. The summed E-state index contributed by atoms with van der Waals surface area (Å²) in [7, 11) is 0. The van der Waals surface area contributed by atoms with Gasteiger partial charge in [0.05, 0.1) is 6.20 Å². The first-order valence-corrected chi connectivity index (χ1v) is 4.36. The molecule has 0 atom stereocenters. The van der Waals surface area contributed by atoms with Crippen LogP contribution in [0.25, 0.3) is 5.78 Å². The Hall–Kier alpha value is -1.13. The molecule has 5 heteroatoms. The molecule has 0 amide bonds. The van der Waals surface area contributed by atoms with E-state index in [9.17, 15) is 0 Å². The molecular formula is C8H9ClN4. The quantitative estimate of drug-likeness (QED) is 0.776. The van der Waals surface area contributed by atoms with E-state index >= 15 is 0 Å². The Labute approximate surface area is 80.4 Å². The molecule has 2 aromatic rings. The van der Waals surface area contributed by atoms with Gasteiger partial charge in [-0.3, -0.25) is 4.40 Å². The Balaban J connectivity index is 2.53.